The molecule has 0 spiro atoms. The molecule has 0 saturated heterocycles. The summed E-state index contributed by atoms with van der Waals surface area (Å²) in [5.74, 6) is -1.24. The Kier molecular flexibility index (Phi) is 7.12. The first-order chi connectivity index (χ1) is 12.1. The maximum Gasteiger partial charge on any atom is 0.341 e. The van der Waals surface area contributed by atoms with Crippen molar-refractivity contribution >= 4 is 16.9 Å². The van der Waals surface area contributed by atoms with E-state index < -0.39 is 11.4 Å². The molecule has 0 aliphatic heterocycles. The number of ether oxygens (including phenoxy) is 2. The summed E-state index contributed by atoms with van der Waals surface area (Å²) in [7, 11) is 1.63. The molecule has 0 unspecified atom stereocenters. The lowest BCUT2D eigenvalue weighted by molar-refractivity contribution is 0.0695. The second kappa shape index (κ2) is 9.31. The molecule has 0 fully saturated rings. The van der Waals surface area contributed by atoms with Gasteiger partial charge in [-0.1, -0.05) is 0 Å². The highest BCUT2D eigenvalue weighted by Crippen LogP contribution is 2.19. The number of aromatic amines is 1. The number of carboxylic acid groups (broad SMARTS) is 1. The molecule has 1 aromatic carbocycles. The molecule has 0 aliphatic carbocycles. The molecule has 0 amide bonds. The van der Waals surface area contributed by atoms with Gasteiger partial charge < -0.3 is 24.7 Å². The number of aryl methyl sites for hydroxylation is 1. The molecule has 136 valence electrons. The molecular weight excluding hydrogens is 326 g/mol. The molecule has 0 aliphatic rings. The molecule has 3 N–H and O–H groups in total. The minimum Gasteiger partial charge on any atom is -0.477 e. The summed E-state index contributed by atoms with van der Waals surface area (Å²) in [6.07, 6.45) is 3.36. The quantitative estimate of drug-likeness (QED) is 0.559. The van der Waals surface area contributed by atoms with E-state index in [4.69, 9.17) is 19.7 Å². The van der Waals surface area contributed by atoms with Crippen molar-refractivity contribution in [2.45, 2.75) is 19.3 Å². The number of pyridine rings is 1. The molecule has 0 bridgehead atoms. The lowest BCUT2D eigenvalue weighted by atomic mass is 9.97. The summed E-state index contributed by atoms with van der Waals surface area (Å²) in [6.45, 7) is 1.35. The van der Waals surface area contributed by atoms with Crippen molar-refractivity contribution in [1.29, 1.82) is 0 Å². The first-order valence-corrected chi connectivity index (χ1v) is 8.16. The zero-order valence-electron chi connectivity index (χ0n) is 14.2. The molecule has 0 atom stereocenters. The zero-order valence-corrected chi connectivity index (χ0v) is 14.2. The molecule has 0 radical (unpaired) electrons. The normalized spacial score (nSPS) is 11.1. The highest BCUT2D eigenvalue weighted by atomic mass is 16.5. The van der Waals surface area contributed by atoms with Crippen molar-refractivity contribution < 1.29 is 24.5 Å². The van der Waals surface area contributed by atoms with Crippen LogP contribution in [0.4, 0.5) is 0 Å². The number of hydrogen-bond donors (Lipinski definition) is 3. The second-order valence-electron chi connectivity index (χ2n) is 5.69. The maximum absolute atomic E-state index is 12.4. The van der Waals surface area contributed by atoms with Gasteiger partial charge in [-0.2, -0.15) is 0 Å². The number of aliphatic hydroxyl groups excluding tert-OH is 1. The van der Waals surface area contributed by atoms with E-state index >= 15 is 0 Å². The number of aliphatic hydroxyl groups is 1. The molecule has 2 aromatic rings. The van der Waals surface area contributed by atoms with Gasteiger partial charge in [0.1, 0.15) is 5.56 Å². The average Bonchev–Trinajstić information content (AvgIpc) is 2.60. The molecule has 0 saturated carbocycles. The van der Waals surface area contributed by atoms with Gasteiger partial charge in [-0.05, 0) is 42.5 Å². The Balaban J connectivity index is 2.35. The fourth-order valence-electron chi connectivity index (χ4n) is 2.72. The number of aromatic nitrogens is 1. The minimum absolute atomic E-state index is 0.0115. The number of rotatable bonds is 10. The Bertz CT molecular complexity index is 783. The second-order valence-corrected chi connectivity index (χ2v) is 5.69. The van der Waals surface area contributed by atoms with Crippen molar-refractivity contribution in [3.63, 3.8) is 0 Å². The summed E-state index contributed by atoms with van der Waals surface area (Å²) in [5.41, 5.74) is 1.88. The van der Waals surface area contributed by atoms with Crippen LogP contribution in [0.5, 0.6) is 0 Å². The smallest absolute Gasteiger partial charge is 0.341 e. The lowest BCUT2D eigenvalue weighted by Crippen LogP contribution is -2.16. The average molecular weight is 349 g/mol. The third-order valence-electron chi connectivity index (χ3n) is 3.98. The van der Waals surface area contributed by atoms with Crippen LogP contribution in [0.15, 0.2) is 23.1 Å². The van der Waals surface area contributed by atoms with Gasteiger partial charge in [0.2, 0.25) is 5.43 Å². The van der Waals surface area contributed by atoms with E-state index in [1.165, 1.54) is 6.20 Å². The number of H-pyrrole nitrogens is 1. The Labute approximate surface area is 145 Å². The van der Waals surface area contributed by atoms with Gasteiger partial charge in [-0.25, -0.2) is 4.79 Å². The van der Waals surface area contributed by atoms with Crippen LogP contribution in [-0.4, -0.2) is 54.7 Å². The molecular formula is C18H23NO6. The van der Waals surface area contributed by atoms with Crippen molar-refractivity contribution in [3.05, 3.63) is 45.2 Å². The van der Waals surface area contributed by atoms with Gasteiger partial charge in [-0.3, -0.25) is 4.79 Å². The molecule has 7 nitrogen and oxygen atoms in total. The van der Waals surface area contributed by atoms with E-state index in [9.17, 15) is 9.59 Å². The summed E-state index contributed by atoms with van der Waals surface area (Å²) < 4.78 is 10.4. The summed E-state index contributed by atoms with van der Waals surface area (Å²) in [4.78, 5) is 26.4. The van der Waals surface area contributed by atoms with Crippen LogP contribution in [-0.2, 0) is 22.3 Å². The summed E-state index contributed by atoms with van der Waals surface area (Å²) >= 11 is 0. The number of fused-ring (bicyclic) bond motifs is 1. The predicted molar refractivity (Wildman–Crippen MR) is 93.3 cm³/mol. The van der Waals surface area contributed by atoms with Crippen LogP contribution >= 0.6 is 0 Å². The van der Waals surface area contributed by atoms with Gasteiger partial charge in [-0.15, -0.1) is 0 Å². The van der Waals surface area contributed by atoms with E-state index in [0.717, 1.165) is 17.5 Å². The van der Waals surface area contributed by atoms with Gasteiger partial charge in [0.15, 0.2) is 0 Å². The largest absolute Gasteiger partial charge is 0.477 e. The third kappa shape index (κ3) is 4.88. The topological polar surface area (TPSA) is 109 Å². The van der Waals surface area contributed by atoms with Gasteiger partial charge in [0, 0.05) is 30.8 Å². The number of carbonyl (C=O) groups is 1. The van der Waals surface area contributed by atoms with Crippen molar-refractivity contribution in [2.24, 2.45) is 0 Å². The number of methoxy groups -OCH3 is 1. The predicted octanol–water partition coefficient (Wildman–Crippen LogP) is 1.36. The number of hydrogen-bond acceptors (Lipinski definition) is 5. The van der Waals surface area contributed by atoms with Crippen LogP contribution in [0.25, 0.3) is 10.9 Å². The summed E-state index contributed by atoms with van der Waals surface area (Å²) in [6, 6.07) is 3.64. The highest BCUT2D eigenvalue weighted by Gasteiger charge is 2.14. The first kappa shape index (κ1) is 19.1. The monoisotopic (exact) mass is 349 g/mol. The Morgan fingerprint density at radius 2 is 1.92 bits per heavy atom. The molecule has 1 heterocycles. The van der Waals surface area contributed by atoms with Crippen LogP contribution in [0, 0.1) is 0 Å². The van der Waals surface area contributed by atoms with Gasteiger partial charge in [0.25, 0.3) is 0 Å². The van der Waals surface area contributed by atoms with Crippen LogP contribution in [0.3, 0.4) is 0 Å². The Hall–Kier alpha value is -2.22. The number of carboxylic acids is 1. The summed E-state index contributed by atoms with van der Waals surface area (Å²) in [5, 5.41) is 18.2. The number of aromatic carboxylic acids is 1. The van der Waals surface area contributed by atoms with Crippen molar-refractivity contribution in [2.75, 3.05) is 33.5 Å². The Morgan fingerprint density at radius 1 is 1.16 bits per heavy atom. The van der Waals surface area contributed by atoms with E-state index in [0.29, 0.717) is 43.6 Å². The fraction of sp³-hybridized carbons (Fsp3) is 0.444. The first-order valence-electron chi connectivity index (χ1n) is 8.16. The van der Waals surface area contributed by atoms with E-state index in [-0.39, 0.29) is 12.2 Å². The number of nitrogens with one attached hydrogen (secondary N) is 1. The van der Waals surface area contributed by atoms with Crippen molar-refractivity contribution in [3.8, 4) is 0 Å². The molecule has 7 heteroatoms. The highest BCUT2D eigenvalue weighted by molar-refractivity contribution is 5.92. The van der Waals surface area contributed by atoms with Crippen molar-refractivity contribution in [1.82, 2.24) is 4.98 Å². The zero-order chi connectivity index (χ0) is 18.2. The minimum atomic E-state index is -1.24. The van der Waals surface area contributed by atoms with Crippen LogP contribution in [0.1, 0.15) is 27.9 Å². The van der Waals surface area contributed by atoms with Crippen LogP contribution < -0.4 is 5.43 Å². The standard InChI is InChI=1S/C18H23NO6/c1-24-7-4-13-10-16-14(17(21)15(11-19-16)18(22)23)9-12(13)3-2-6-25-8-5-20/h9-11,20H,2-8H2,1H3,(H,19,21)(H,22,23). The fourth-order valence-corrected chi connectivity index (χ4v) is 2.72. The number of benzene rings is 1. The maximum atomic E-state index is 12.4. The van der Waals surface area contributed by atoms with Crippen LogP contribution in [0.2, 0.25) is 0 Å². The SMILES string of the molecule is COCCc1cc2[nH]cc(C(=O)O)c(=O)c2cc1CCCOCCO. The Morgan fingerprint density at radius 3 is 2.60 bits per heavy atom. The van der Waals surface area contributed by atoms with E-state index in [1.54, 1.807) is 13.2 Å². The van der Waals surface area contributed by atoms with Gasteiger partial charge >= 0.3 is 5.97 Å². The van der Waals surface area contributed by atoms with E-state index in [1.807, 2.05) is 6.07 Å². The van der Waals surface area contributed by atoms with Gasteiger partial charge in [0.05, 0.1) is 19.8 Å². The molecule has 2 rings (SSSR count). The lowest BCUT2D eigenvalue weighted by Gasteiger charge is -2.12. The molecule has 1 aromatic heterocycles. The third-order valence-corrected chi connectivity index (χ3v) is 3.98. The molecule has 25 heavy (non-hydrogen) atoms. The van der Waals surface area contributed by atoms with E-state index in [2.05, 4.69) is 4.98 Å².